The number of pyridine rings is 2. The maximum atomic E-state index is 12.6. The summed E-state index contributed by atoms with van der Waals surface area (Å²) in [6, 6.07) is 7.23. The number of fused-ring (bicyclic) bond motifs is 2. The van der Waals surface area contributed by atoms with Crippen molar-refractivity contribution in [1.29, 1.82) is 0 Å². The molecule has 1 aliphatic carbocycles. The fourth-order valence-electron chi connectivity index (χ4n) is 4.38. The molecule has 150 valence electrons. The van der Waals surface area contributed by atoms with Crippen molar-refractivity contribution < 1.29 is 4.52 Å². The zero-order chi connectivity index (χ0) is 20.2. The first-order valence-corrected chi connectivity index (χ1v) is 10.0. The van der Waals surface area contributed by atoms with E-state index in [1.54, 1.807) is 24.5 Å². The average molecular weight is 422 g/mol. The minimum absolute atomic E-state index is 0.178. The van der Waals surface area contributed by atoms with Gasteiger partial charge in [0.2, 0.25) is 5.89 Å². The minimum Gasteiger partial charge on any atom is -0.356 e. The van der Waals surface area contributed by atoms with Gasteiger partial charge < -0.3 is 9.42 Å². The Labute approximate surface area is 175 Å². The maximum Gasteiger partial charge on any atom is 0.263 e. The highest BCUT2D eigenvalue weighted by Crippen LogP contribution is 2.57. The number of hydrogen-bond donors (Lipinski definition) is 0. The van der Waals surface area contributed by atoms with E-state index < -0.39 is 0 Å². The van der Waals surface area contributed by atoms with Crippen LogP contribution in [0.15, 0.2) is 52.3 Å². The molecule has 0 amide bonds. The summed E-state index contributed by atoms with van der Waals surface area (Å²) in [4.78, 5) is 32.1. The van der Waals surface area contributed by atoms with Gasteiger partial charge in [0.25, 0.3) is 5.56 Å². The summed E-state index contributed by atoms with van der Waals surface area (Å²) in [7, 11) is 0. The summed E-state index contributed by atoms with van der Waals surface area (Å²) in [5.41, 5.74) is 0.248. The molecule has 0 radical (unpaired) electrons. The van der Waals surface area contributed by atoms with Crippen molar-refractivity contribution in [3.63, 3.8) is 0 Å². The number of halogens is 1. The van der Waals surface area contributed by atoms with E-state index in [2.05, 4.69) is 30.0 Å². The lowest BCUT2D eigenvalue weighted by Gasteiger charge is -2.20. The first-order chi connectivity index (χ1) is 14.7. The van der Waals surface area contributed by atoms with E-state index in [-0.39, 0.29) is 12.1 Å². The van der Waals surface area contributed by atoms with Gasteiger partial charge >= 0.3 is 0 Å². The van der Waals surface area contributed by atoms with Crippen molar-refractivity contribution in [2.75, 3.05) is 18.0 Å². The fraction of sp³-hybridized carbons (Fsp3) is 0.300. The summed E-state index contributed by atoms with van der Waals surface area (Å²) in [5.74, 6) is 3.33. The van der Waals surface area contributed by atoms with Crippen molar-refractivity contribution in [2.24, 2.45) is 11.8 Å². The zero-order valence-electron chi connectivity index (χ0n) is 15.7. The predicted octanol–water partition coefficient (Wildman–Crippen LogP) is 2.12. The summed E-state index contributed by atoms with van der Waals surface area (Å²) >= 11 is 5.92. The Morgan fingerprint density at radius 1 is 1.13 bits per heavy atom. The predicted molar refractivity (Wildman–Crippen MR) is 108 cm³/mol. The topological polar surface area (TPSA) is 103 Å². The molecule has 6 rings (SSSR count). The second-order valence-electron chi connectivity index (χ2n) is 7.69. The Hall–Kier alpha value is -3.33. The maximum absolute atomic E-state index is 12.6. The molecule has 30 heavy (non-hydrogen) atoms. The third-order valence-corrected chi connectivity index (χ3v) is 6.14. The highest BCUT2D eigenvalue weighted by molar-refractivity contribution is 6.30. The third-order valence-electron chi connectivity index (χ3n) is 5.91. The highest BCUT2D eigenvalue weighted by atomic mass is 35.5. The van der Waals surface area contributed by atoms with Crippen LogP contribution in [0.5, 0.6) is 0 Å². The lowest BCUT2D eigenvalue weighted by atomic mass is 10.2. The molecule has 1 aliphatic heterocycles. The smallest absolute Gasteiger partial charge is 0.263 e. The number of nitrogens with zero attached hydrogens (tertiary/aromatic N) is 7. The Balaban J connectivity index is 1.16. The standard InChI is InChI=1S/C20H16ClN7O2/c21-11-3-4-15(23-6-11)27-7-13-14(8-27)17(13)19-25-16(30-26-19)9-28-10-24-18-12(20(28)29)2-1-5-22-18/h1-6,10,13-14,17H,7-9H2/t13-,14+,17+. The Bertz CT molecular complexity index is 1290. The van der Waals surface area contributed by atoms with Gasteiger partial charge in [-0.15, -0.1) is 0 Å². The molecule has 4 aromatic heterocycles. The van der Waals surface area contributed by atoms with E-state index in [0.717, 1.165) is 18.9 Å². The Morgan fingerprint density at radius 3 is 2.80 bits per heavy atom. The van der Waals surface area contributed by atoms with E-state index in [1.165, 1.54) is 10.9 Å². The fourth-order valence-corrected chi connectivity index (χ4v) is 4.49. The molecule has 0 aromatic carbocycles. The molecule has 10 heteroatoms. The quantitative estimate of drug-likeness (QED) is 0.493. The van der Waals surface area contributed by atoms with E-state index in [1.807, 2.05) is 12.1 Å². The van der Waals surface area contributed by atoms with Crippen molar-refractivity contribution in [3.8, 4) is 0 Å². The molecule has 0 unspecified atom stereocenters. The number of aromatic nitrogens is 6. The summed E-state index contributed by atoms with van der Waals surface area (Å²) < 4.78 is 6.88. The van der Waals surface area contributed by atoms with Gasteiger partial charge in [-0.3, -0.25) is 9.36 Å². The van der Waals surface area contributed by atoms with Crippen LogP contribution in [0.4, 0.5) is 5.82 Å². The van der Waals surface area contributed by atoms with Crippen LogP contribution in [0.25, 0.3) is 11.0 Å². The molecule has 9 nitrogen and oxygen atoms in total. The van der Waals surface area contributed by atoms with Crippen LogP contribution in [-0.4, -0.2) is 42.7 Å². The molecule has 3 atom stereocenters. The van der Waals surface area contributed by atoms with Crippen LogP contribution in [0.1, 0.15) is 17.6 Å². The van der Waals surface area contributed by atoms with Crippen LogP contribution in [-0.2, 0) is 6.54 Å². The summed E-state index contributed by atoms with van der Waals surface area (Å²) in [6.07, 6.45) is 4.74. The van der Waals surface area contributed by atoms with Crippen molar-refractivity contribution in [3.05, 3.63) is 70.1 Å². The van der Waals surface area contributed by atoms with E-state index in [9.17, 15) is 4.79 Å². The molecule has 0 N–H and O–H groups in total. The number of hydrogen-bond acceptors (Lipinski definition) is 8. The van der Waals surface area contributed by atoms with Crippen LogP contribution in [0, 0.1) is 11.8 Å². The minimum atomic E-state index is -0.178. The first kappa shape index (κ1) is 17.5. The highest BCUT2D eigenvalue weighted by Gasteiger charge is 2.58. The first-order valence-electron chi connectivity index (χ1n) is 9.66. The van der Waals surface area contributed by atoms with Crippen molar-refractivity contribution in [2.45, 2.75) is 12.5 Å². The lowest BCUT2D eigenvalue weighted by molar-refractivity contribution is 0.363. The van der Waals surface area contributed by atoms with Gasteiger partial charge in [-0.2, -0.15) is 4.98 Å². The van der Waals surface area contributed by atoms with E-state index in [4.69, 9.17) is 16.1 Å². The molecule has 0 bridgehead atoms. The summed E-state index contributed by atoms with van der Waals surface area (Å²) in [5, 5.41) is 5.27. The SMILES string of the molecule is O=c1c2cccnc2ncn1Cc1nc([C@H]2[C@@H]3CN(c4ccc(Cl)cn4)C[C@@H]32)no1. The van der Waals surface area contributed by atoms with Crippen molar-refractivity contribution >= 4 is 28.5 Å². The third kappa shape index (κ3) is 2.85. The molecule has 4 aromatic rings. The second-order valence-corrected chi connectivity index (χ2v) is 8.13. The average Bonchev–Trinajstić information content (AvgIpc) is 3.10. The molecular weight excluding hydrogens is 406 g/mol. The van der Waals surface area contributed by atoms with Crippen molar-refractivity contribution in [1.82, 2.24) is 29.7 Å². The summed E-state index contributed by atoms with van der Waals surface area (Å²) in [6.45, 7) is 2.01. The monoisotopic (exact) mass is 421 g/mol. The molecule has 5 heterocycles. The zero-order valence-corrected chi connectivity index (χ0v) is 16.5. The molecular formula is C20H16ClN7O2. The van der Waals surface area contributed by atoms with Gasteiger partial charge in [0.15, 0.2) is 11.5 Å². The number of rotatable bonds is 4. The Kier molecular flexibility index (Phi) is 3.85. The van der Waals surface area contributed by atoms with E-state index >= 15 is 0 Å². The molecule has 2 aliphatic rings. The van der Waals surface area contributed by atoms with Crippen LogP contribution >= 0.6 is 11.6 Å². The molecule has 2 fully saturated rings. The number of piperidine rings is 1. The lowest BCUT2D eigenvalue weighted by Crippen LogP contribution is -2.24. The Morgan fingerprint density at radius 2 is 2.00 bits per heavy atom. The van der Waals surface area contributed by atoms with Crippen LogP contribution < -0.4 is 10.5 Å². The van der Waals surface area contributed by atoms with Gasteiger partial charge in [-0.1, -0.05) is 16.8 Å². The van der Waals surface area contributed by atoms with Gasteiger partial charge in [0.05, 0.1) is 10.4 Å². The van der Waals surface area contributed by atoms with Gasteiger partial charge in [-0.05, 0) is 36.1 Å². The molecule has 1 saturated carbocycles. The molecule has 0 spiro atoms. The van der Waals surface area contributed by atoms with Crippen LogP contribution in [0.3, 0.4) is 0 Å². The number of anilines is 1. The largest absolute Gasteiger partial charge is 0.356 e. The van der Waals surface area contributed by atoms with Gasteiger partial charge in [-0.25, -0.2) is 15.0 Å². The van der Waals surface area contributed by atoms with Gasteiger partial charge in [0.1, 0.15) is 18.7 Å². The normalized spacial score (nSPS) is 22.4. The van der Waals surface area contributed by atoms with E-state index in [0.29, 0.717) is 45.5 Å². The second kappa shape index (κ2) is 6.60. The van der Waals surface area contributed by atoms with Gasteiger partial charge in [0, 0.05) is 31.4 Å². The molecule has 1 saturated heterocycles. The van der Waals surface area contributed by atoms with Crippen LogP contribution in [0.2, 0.25) is 5.02 Å².